The fourth-order valence-corrected chi connectivity index (χ4v) is 3.70. The smallest absolute Gasteiger partial charge is 0.351 e. The van der Waals surface area contributed by atoms with Crippen LogP contribution in [0.5, 0.6) is 0 Å². The second kappa shape index (κ2) is 6.25. The molecule has 7 nitrogen and oxygen atoms in total. The summed E-state index contributed by atoms with van der Waals surface area (Å²) in [7, 11) is 0. The Balaban J connectivity index is 1.72. The number of hydrogen-bond acceptors (Lipinski definition) is 4. The number of aryl methyl sites for hydroxylation is 1. The molecule has 1 aliphatic heterocycles. The van der Waals surface area contributed by atoms with Crippen molar-refractivity contribution in [2.24, 2.45) is 0 Å². The van der Waals surface area contributed by atoms with Gasteiger partial charge in [-0.2, -0.15) is 0 Å². The molecule has 1 fully saturated rings. The topological polar surface area (TPSA) is 68.8 Å². The lowest BCUT2D eigenvalue weighted by molar-refractivity contribution is -0.144. The Labute approximate surface area is 150 Å². The molecule has 0 radical (unpaired) electrons. The molecule has 1 aliphatic rings. The van der Waals surface area contributed by atoms with Crippen LogP contribution in [0.2, 0.25) is 0 Å². The standard InChI is InChI=1S/C19H22N4O3/c1-12-8-15-6-4-5-7-16(15)23-18(12)20-22(19(23)25)11-17(24)21-9-13(2)26-14(3)10-21/h4-8,13-14H,9-11H2,1-3H3/t13-,14-/m1/s1. The average Bonchev–Trinajstić information content (AvgIpc) is 2.92. The van der Waals surface area contributed by atoms with E-state index in [2.05, 4.69) is 5.10 Å². The van der Waals surface area contributed by atoms with E-state index in [0.717, 1.165) is 16.5 Å². The number of carbonyl (C=O) groups is 1. The third kappa shape index (κ3) is 2.78. The quantitative estimate of drug-likeness (QED) is 0.701. The van der Waals surface area contributed by atoms with Gasteiger partial charge in [-0.05, 0) is 43.9 Å². The highest BCUT2D eigenvalue weighted by Gasteiger charge is 2.26. The minimum atomic E-state index is -0.289. The van der Waals surface area contributed by atoms with Gasteiger partial charge in [-0.1, -0.05) is 18.2 Å². The number of pyridine rings is 1. The third-order valence-corrected chi connectivity index (χ3v) is 4.80. The molecule has 0 N–H and O–H groups in total. The summed E-state index contributed by atoms with van der Waals surface area (Å²) in [5.41, 5.74) is 2.00. The van der Waals surface area contributed by atoms with Gasteiger partial charge in [0.25, 0.3) is 0 Å². The van der Waals surface area contributed by atoms with Crippen molar-refractivity contribution in [2.75, 3.05) is 13.1 Å². The zero-order chi connectivity index (χ0) is 18.4. The summed E-state index contributed by atoms with van der Waals surface area (Å²) in [4.78, 5) is 27.4. The van der Waals surface area contributed by atoms with Gasteiger partial charge in [-0.15, -0.1) is 5.10 Å². The minimum Gasteiger partial charge on any atom is -0.372 e. The summed E-state index contributed by atoms with van der Waals surface area (Å²) < 4.78 is 8.52. The molecule has 1 amide bonds. The van der Waals surface area contributed by atoms with Crippen molar-refractivity contribution in [2.45, 2.75) is 39.5 Å². The molecule has 0 unspecified atom stereocenters. The lowest BCUT2D eigenvalue weighted by atomic mass is 10.1. The van der Waals surface area contributed by atoms with Gasteiger partial charge in [-0.3, -0.25) is 4.79 Å². The van der Waals surface area contributed by atoms with Crippen LogP contribution in [0, 0.1) is 6.92 Å². The monoisotopic (exact) mass is 354 g/mol. The van der Waals surface area contributed by atoms with Crippen LogP contribution in [-0.2, 0) is 16.1 Å². The number of morpholine rings is 1. The van der Waals surface area contributed by atoms with Gasteiger partial charge in [0.1, 0.15) is 6.54 Å². The highest BCUT2D eigenvalue weighted by Crippen LogP contribution is 2.18. The maximum atomic E-state index is 12.9. The molecule has 0 spiro atoms. The zero-order valence-corrected chi connectivity index (χ0v) is 15.2. The summed E-state index contributed by atoms with van der Waals surface area (Å²) in [5.74, 6) is -0.112. The molecule has 4 rings (SSSR count). The van der Waals surface area contributed by atoms with Crippen molar-refractivity contribution in [3.63, 3.8) is 0 Å². The molecular formula is C19H22N4O3. The van der Waals surface area contributed by atoms with Gasteiger partial charge in [-0.25, -0.2) is 13.9 Å². The van der Waals surface area contributed by atoms with Gasteiger partial charge in [0.2, 0.25) is 5.91 Å². The predicted molar refractivity (Wildman–Crippen MR) is 98.3 cm³/mol. The number of nitrogens with zero attached hydrogens (tertiary/aromatic N) is 4. The van der Waals surface area contributed by atoms with E-state index in [1.807, 2.05) is 51.1 Å². The Bertz CT molecular complexity index is 1040. The average molecular weight is 354 g/mol. The Kier molecular flexibility index (Phi) is 4.03. The number of ether oxygens (including phenoxy) is 1. The molecule has 1 aromatic carbocycles. The molecule has 3 aromatic rings. The van der Waals surface area contributed by atoms with Crippen LogP contribution in [0.25, 0.3) is 16.6 Å². The van der Waals surface area contributed by atoms with E-state index in [-0.39, 0.29) is 30.3 Å². The van der Waals surface area contributed by atoms with E-state index in [9.17, 15) is 9.59 Å². The molecule has 3 heterocycles. The maximum Gasteiger partial charge on any atom is 0.351 e. The van der Waals surface area contributed by atoms with E-state index >= 15 is 0 Å². The van der Waals surface area contributed by atoms with Crippen molar-refractivity contribution in [1.29, 1.82) is 0 Å². The number of amides is 1. The Morgan fingerprint density at radius 1 is 1.23 bits per heavy atom. The normalized spacial score (nSPS) is 20.8. The van der Waals surface area contributed by atoms with Crippen molar-refractivity contribution < 1.29 is 9.53 Å². The highest BCUT2D eigenvalue weighted by molar-refractivity contribution is 5.83. The number of rotatable bonds is 2. The van der Waals surface area contributed by atoms with Crippen LogP contribution in [0.1, 0.15) is 19.4 Å². The van der Waals surface area contributed by atoms with Crippen LogP contribution in [0.3, 0.4) is 0 Å². The Hall–Kier alpha value is -2.67. The van der Waals surface area contributed by atoms with E-state index < -0.39 is 0 Å². The summed E-state index contributed by atoms with van der Waals surface area (Å²) in [6, 6.07) is 9.69. The Morgan fingerprint density at radius 3 is 2.65 bits per heavy atom. The van der Waals surface area contributed by atoms with Crippen LogP contribution < -0.4 is 5.69 Å². The number of aromatic nitrogens is 3. The van der Waals surface area contributed by atoms with Crippen molar-refractivity contribution in [3.8, 4) is 0 Å². The fourth-order valence-electron chi connectivity index (χ4n) is 3.70. The molecule has 0 saturated carbocycles. The molecule has 7 heteroatoms. The zero-order valence-electron chi connectivity index (χ0n) is 15.2. The molecule has 0 aliphatic carbocycles. The van der Waals surface area contributed by atoms with E-state index in [4.69, 9.17) is 4.74 Å². The summed E-state index contributed by atoms with van der Waals surface area (Å²) in [6.45, 7) is 6.82. The summed E-state index contributed by atoms with van der Waals surface area (Å²) in [5, 5.41) is 5.40. The first-order chi connectivity index (χ1) is 12.4. The lowest BCUT2D eigenvalue weighted by Gasteiger charge is -2.35. The second-order valence-corrected chi connectivity index (χ2v) is 7.04. The lowest BCUT2D eigenvalue weighted by Crippen LogP contribution is -2.49. The first-order valence-electron chi connectivity index (χ1n) is 8.85. The van der Waals surface area contributed by atoms with Crippen molar-refractivity contribution in [1.82, 2.24) is 19.1 Å². The largest absolute Gasteiger partial charge is 0.372 e. The first-order valence-corrected chi connectivity index (χ1v) is 8.85. The Morgan fingerprint density at radius 2 is 1.92 bits per heavy atom. The van der Waals surface area contributed by atoms with Gasteiger partial charge in [0, 0.05) is 13.1 Å². The highest BCUT2D eigenvalue weighted by atomic mass is 16.5. The molecule has 2 aromatic heterocycles. The number of hydrogen-bond donors (Lipinski definition) is 0. The molecule has 1 saturated heterocycles. The van der Waals surface area contributed by atoms with Crippen molar-refractivity contribution in [3.05, 3.63) is 46.4 Å². The van der Waals surface area contributed by atoms with Gasteiger partial charge < -0.3 is 9.64 Å². The van der Waals surface area contributed by atoms with Crippen molar-refractivity contribution >= 4 is 22.5 Å². The number of fused-ring (bicyclic) bond motifs is 3. The predicted octanol–water partition coefficient (Wildman–Crippen LogP) is 1.59. The number of para-hydroxylation sites is 1. The fraction of sp³-hybridized carbons (Fsp3) is 0.421. The first kappa shape index (κ1) is 16.8. The minimum absolute atomic E-state index is 0.00770. The van der Waals surface area contributed by atoms with Crippen LogP contribution in [0.4, 0.5) is 0 Å². The number of benzene rings is 1. The molecule has 136 valence electrons. The summed E-state index contributed by atoms with van der Waals surface area (Å²) >= 11 is 0. The van der Waals surface area contributed by atoms with E-state index in [0.29, 0.717) is 18.7 Å². The second-order valence-electron chi connectivity index (χ2n) is 7.04. The molecular weight excluding hydrogens is 332 g/mol. The third-order valence-electron chi connectivity index (χ3n) is 4.80. The van der Waals surface area contributed by atoms with Crippen LogP contribution >= 0.6 is 0 Å². The maximum absolute atomic E-state index is 12.9. The number of carbonyl (C=O) groups excluding carboxylic acids is 1. The van der Waals surface area contributed by atoms with Crippen LogP contribution in [0.15, 0.2) is 35.1 Å². The summed E-state index contributed by atoms with van der Waals surface area (Å²) in [6.07, 6.45) is -0.0154. The molecule has 26 heavy (non-hydrogen) atoms. The van der Waals surface area contributed by atoms with Crippen LogP contribution in [-0.4, -0.2) is 50.3 Å². The van der Waals surface area contributed by atoms with Gasteiger partial charge in [0.05, 0.1) is 17.7 Å². The van der Waals surface area contributed by atoms with E-state index in [1.165, 1.54) is 4.68 Å². The van der Waals surface area contributed by atoms with Gasteiger partial charge in [0.15, 0.2) is 5.65 Å². The molecule has 2 atom stereocenters. The molecule has 0 bridgehead atoms. The van der Waals surface area contributed by atoms with Gasteiger partial charge >= 0.3 is 5.69 Å². The SMILES string of the molecule is Cc1cc2ccccc2n2c(=O)n(CC(=O)N3C[C@@H](C)O[C@H](C)C3)nc12. The van der Waals surface area contributed by atoms with E-state index in [1.54, 1.807) is 9.30 Å².